The number of aromatic nitrogens is 2. The molecule has 0 radical (unpaired) electrons. The van der Waals surface area contributed by atoms with Crippen molar-refractivity contribution < 1.29 is 4.39 Å². The number of nitrogens with one attached hydrogen (secondary N) is 1. The van der Waals surface area contributed by atoms with Gasteiger partial charge in [-0.2, -0.15) is 0 Å². The molecule has 6 heteroatoms. The van der Waals surface area contributed by atoms with Crippen LogP contribution >= 0.6 is 11.6 Å². The van der Waals surface area contributed by atoms with Crippen LogP contribution in [-0.2, 0) is 6.42 Å². The molecule has 0 amide bonds. The van der Waals surface area contributed by atoms with Gasteiger partial charge in [-0.05, 0) is 31.5 Å². The topological polar surface area (TPSA) is 71.8 Å². The molecule has 0 atom stereocenters. The number of aryl methyl sites for hydroxylation is 1. The first-order valence-electron chi connectivity index (χ1n) is 5.86. The summed E-state index contributed by atoms with van der Waals surface area (Å²) in [6.07, 6.45) is 1.28. The Morgan fingerprint density at radius 1 is 1.42 bits per heavy atom. The van der Waals surface area contributed by atoms with Crippen molar-refractivity contribution in [1.29, 1.82) is 0 Å². The van der Waals surface area contributed by atoms with Crippen molar-refractivity contribution in [3.8, 4) is 11.4 Å². The van der Waals surface area contributed by atoms with Crippen molar-refractivity contribution in [2.45, 2.75) is 12.8 Å². The van der Waals surface area contributed by atoms with E-state index < -0.39 is 5.82 Å². The molecule has 3 N–H and O–H groups in total. The number of nitrogens with two attached hydrogens (primary N) is 1. The fourth-order valence-electron chi connectivity index (χ4n) is 1.76. The van der Waals surface area contributed by atoms with Crippen LogP contribution in [0, 0.1) is 5.82 Å². The van der Waals surface area contributed by atoms with E-state index >= 15 is 0 Å². The number of hydrogen-bond donors (Lipinski definition) is 2. The molecule has 0 aliphatic rings. The van der Waals surface area contributed by atoms with Crippen molar-refractivity contribution in [3.05, 3.63) is 51.2 Å². The number of aromatic amines is 1. The second kappa shape index (κ2) is 5.95. The quantitative estimate of drug-likeness (QED) is 0.902. The summed E-state index contributed by atoms with van der Waals surface area (Å²) in [5.41, 5.74) is 5.76. The molecule has 100 valence electrons. The number of H-pyrrole nitrogens is 1. The fourth-order valence-corrected chi connectivity index (χ4v) is 2.01. The Labute approximate surface area is 114 Å². The number of benzene rings is 1. The van der Waals surface area contributed by atoms with E-state index in [0.29, 0.717) is 25.1 Å². The van der Waals surface area contributed by atoms with E-state index in [9.17, 15) is 9.18 Å². The molecule has 2 aromatic rings. The molecule has 0 unspecified atom stereocenters. The van der Waals surface area contributed by atoms with Crippen LogP contribution in [0.3, 0.4) is 0 Å². The standard InChI is InChI=1S/C13H13ClFN3O/c14-9-4-1-5-10(15)12(9)13-17-8(3-2-6-16)7-11(19)18-13/h1,4-5,7H,2-3,6,16H2,(H,17,18,19). The minimum atomic E-state index is -0.522. The highest BCUT2D eigenvalue weighted by atomic mass is 35.5. The fraction of sp³-hybridized carbons (Fsp3) is 0.231. The largest absolute Gasteiger partial charge is 0.330 e. The lowest BCUT2D eigenvalue weighted by Gasteiger charge is -2.07. The van der Waals surface area contributed by atoms with Gasteiger partial charge in [0.15, 0.2) is 0 Å². The van der Waals surface area contributed by atoms with Gasteiger partial charge in [0.1, 0.15) is 11.6 Å². The van der Waals surface area contributed by atoms with Crippen molar-refractivity contribution in [3.63, 3.8) is 0 Å². The second-order valence-corrected chi connectivity index (χ2v) is 4.48. The molecular formula is C13H13ClFN3O. The molecule has 2 rings (SSSR count). The monoisotopic (exact) mass is 281 g/mol. The van der Waals surface area contributed by atoms with Crippen LogP contribution in [0.4, 0.5) is 4.39 Å². The molecule has 4 nitrogen and oxygen atoms in total. The van der Waals surface area contributed by atoms with Gasteiger partial charge in [0, 0.05) is 11.8 Å². The molecule has 19 heavy (non-hydrogen) atoms. The van der Waals surface area contributed by atoms with Gasteiger partial charge in [0.05, 0.1) is 10.6 Å². The zero-order valence-electron chi connectivity index (χ0n) is 10.1. The smallest absolute Gasteiger partial charge is 0.251 e. The molecule has 0 spiro atoms. The van der Waals surface area contributed by atoms with Crippen LogP contribution in [0.15, 0.2) is 29.1 Å². The van der Waals surface area contributed by atoms with Gasteiger partial charge in [-0.1, -0.05) is 17.7 Å². The van der Waals surface area contributed by atoms with Gasteiger partial charge < -0.3 is 10.7 Å². The Kier molecular flexibility index (Phi) is 4.29. The maximum absolute atomic E-state index is 13.8. The van der Waals surface area contributed by atoms with Gasteiger partial charge in [-0.15, -0.1) is 0 Å². The normalized spacial score (nSPS) is 10.7. The average molecular weight is 282 g/mol. The molecule has 0 fully saturated rings. The molecule has 0 aliphatic heterocycles. The molecule has 0 aliphatic carbocycles. The van der Waals surface area contributed by atoms with E-state index in [4.69, 9.17) is 17.3 Å². The van der Waals surface area contributed by atoms with Crippen LogP contribution in [0.1, 0.15) is 12.1 Å². The molecule has 0 bridgehead atoms. The third-order valence-electron chi connectivity index (χ3n) is 2.63. The third kappa shape index (κ3) is 3.19. The molecule has 1 aromatic carbocycles. The molecular weight excluding hydrogens is 269 g/mol. The Bertz CT molecular complexity index is 622. The molecule has 0 saturated carbocycles. The van der Waals surface area contributed by atoms with Crippen molar-refractivity contribution >= 4 is 11.6 Å². The van der Waals surface area contributed by atoms with Crippen LogP contribution in [0.25, 0.3) is 11.4 Å². The maximum atomic E-state index is 13.8. The summed E-state index contributed by atoms with van der Waals surface area (Å²) >= 11 is 5.95. The summed E-state index contributed by atoms with van der Waals surface area (Å²) in [5, 5.41) is 0.208. The van der Waals surface area contributed by atoms with E-state index in [2.05, 4.69) is 9.97 Å². The highest BCUT2D eigenvalue weighted by molar-refractivity contribution is 6.33. The summed E-state index contributed by atoms with van der Waals surface area (Å²) in [5.74, 6) is -0.380. The molecule has 1 heterocycles. The lowest BCUT2D eigenvalue weighted by Crippen LogP contribution is -2.12. The van der Waals surface area contributed by atoms with E-state index in [1.807, 2.05) is 0 Å². The van der Waals surface area contributed by atoms with Crippen molar-refractivity contribution in [2.24, 2.45) is 5.73 Å². The van der Waals surface area contributed by atoms with E-state index in [1.165, 1.54) is 18.2 Å². The van der Waals surface area contributed by atoms with Gasteiger partial charge in [-0.3, -0.25) is 4.79 Å². The Balaban J connectivity index is 2.50. The number of halogens is 2. The van der Waals surface area contributed by atoms with E-state index in [0.717, 1.165) is 0 Å². The third-order valence-corrected chi connectivity index (χ3v) is 2.95. The van der Waals surface area contributed by atoms with E-state index in [1.54, 1.807) is 6.07 Å². The lowest BCUT2D eigenvalue weighted by molar-refractivity contribution is 0.629. The first-order chi connectivity index (χ1) is 9.11. The lowest BCUT2D eigenvalue weighted by atomic mass is 10.1. The second-order valence-electron chi connectivity index (χ2n) is 4.07. The number of hydrogen-bond acceptors (Lipinski definition) is 3. The minimum absolute atomic E-state index is 0.107. The van der Waals surface area contributed by atoms with E-state index in [-0.39, 0.29) is 22.0 Å². The maximum Gasteiger partial charge on any atom is 0.251 e. The van der Waals surface area contributed by atoms with Gasteiger partial charge >= 0.3 is 0 Å². The zero-order valence-corrected chi connectivity index (χ0v) is 10.9. The number of nitrogens with zero attached hydrogens (tertiary/aromatic N) is 1. The van der Waals surface area contributed by atoms with Gasteiger partial charge in [-0.25, -0.2) is 9.37 Å². The predicted molar refractivity (Wildman–Crippen MR) is 72.6 cm³/mol. The van der Waals surface area contributed by atoms with Gasteiger partial charge in [0.2, 0.25) is 0 Å². The molecule has 1 aromatic heterocycles. The SMILES string of the molecule is NCCCc1cc(=O)[nH]c(-c2c(F)cccc2Cl)n1. The summed E-state index contributed by atoms with van der Waals surface area (Å²) < 4.78 is 13.8. The van der Waals surface area contributed by atoms with Crippen molar-refractivity contribution in [1.82, 2.24) is 9.97 Å². The zero-order chi connectivity index (χ0) is 13.8. The van der Waals surface area contributed by atoms with Crippen LogP contribution in [0.5, 0.6) is 0 Å². The summed E-state index contributed by atoms with van der Waals surface area (Å²) in [4.78, 5) is 18.3. The summed E-state index contributed by atoms with van der Waals surface area (Å²) in [7, 11) is 0. The van der Waals surface area contributed by atoms with Gasteiger partial charge in [0.25, 0.3) is 5.56 Å². The first-order valence-corrected chi connectivity index (χ1v) is 6.24. The first kappa shape index (κ1) is 13.7. The van der Waals surface area contributed by atoms with Crippen molar-refractivity contribution in [2.75, 3.05) is 6.54 Å². The summed E-state index contributed by atoms with van der Waals surface area (Å²) in [6, 6.07) is 5.70. The highest BCUT2D eigenvalue weighted by Crippen LogP contribution is 2.27. The Morgan fingerprint density at radius 2 is 2.21 bits per heavy atom. The average Bonchev–Trinajstić information content (AvgIpc) is 2.35. The number of rotatable bonds is 4. The van der Waals surface area contributed by atoms with Crippen LogP contribution in [-0.4, -0.2) is 16.5 Å². The molecule has 0 saturated heterocycles. The highest BCUT2D eigenvalue weighted by Gasteiger charge is 2.12. The Hall–Kier alpha value is -1.72. The van der Waals surface area contributed by atoms with Crippen LogP contribution in [0.2, 0.25) is 5.02 Å². The Morgan fingerprint density at radius 3 is 2.89 bits per heavy atom. The summed E-state index contributed by atoms with van der Waals surface area (Å²) in [6.45, 7) is 0.504. The minimum Gasteiger partial charge on any atom is -0.330 e. The predicted octanol–water partition coefficient (Wildman–Crippen LogP) is 2.12. The van der Waals surface area contributed by atoms with Crippen LogP contribution < -0.4 is 11.3 Å².